The fraction of sp³-hybridized carbons (Fsp3) is 0.368. The van der Waals surface area contributed by atoms with Crippen LogP contribution < -0.4 is 10.2 Å². The molecule has 0 unspecified atom stereocenters. The summed E-state index contributed by atoms with van der Waals surface area (Å²) in [6.45, 7) is 1.96. The number of benzene rings is 1. The number of halogens is 2. The molecule has 9 heteroatoms. The number of rotatable bonds is 5. The molecule has 3 heterocycles. The summed E-state index contributed by atoms with van der Waals surface area (Å²) in [7, 11) is 0. The molecule has 1 N–H and O–H groups in total. The van der Waals surface area contributed by atoms with Gasteiger partial charge in [-0.2, -0.15) is 4.52 Å². The third kappa shape index (κ3) is 3.92. The zero-order valence-corrected chi connectivity index (χ0v) is 15.2. The van der Waals surface area contributed by atoms with Crippen molar-refractivity contribution in [1.29, 1.82) is 0 Å². The van der Waals surface area contributed by atoms with E-state index in [2.05, 4.69) is 25.5 Å². The molecular weight excluding hydrogens is 366 g/mol. The maximum atomic E-state index is 13.2. The normalized spacial score (nSPS) is 14.4. The van der Waals surface area contributed by atoms with Crippen LogP contribution in [0.15, 0.2) is 30.3 Å². The fourth-order valence-corrected chi connectivity index (χ4v) is 3.29. The smallest absolute Gasteiger partial charge is 0.224 e. The maximum Gasteiger partial charge on any atom is 0.224 e. The van der Waals surface area contributed by atoms with Crippen LogP contribution in [0.25, 0.3) is 5.65 Å². The van der Waals surface area contributed by atoms with Crippen LogP contribution in [0.3, 0.4) is 0 Å². The molecule has 0 spiro atoms. The van der Waals surface area contributed by atoms with Gasteiger partial charge < -0.3 is 10.2 Å². The molecule has 146 valence electrons. The van der Waals surface area contributed by atoms with Crippen molar-refractivity contribution in [2.75, 3.05) is 23.3 Å². The molecule has 4 rings (SSSR count). The molecule has 0 atom stereocenters. The number of amides is 1. The number of fused-ring (bicyclic) bond motifs is 1. The average Bonchev–Trinajstić information content (AvgIpc) is 3.12. The van der Waals surface area contributed by atoms with Gasteiger partial charge in [0, 0.05) is 37.7 Å². The molecule has 0 radical (unpaired) electrons. The Morgan fingerprint density at radius 2 is 1.86 bits per heavy atom. The lowest BCUT2D eigenvalue weighted by atomic mass is 10.1. The zero-order valence-electron chi connectivity index (χ0n) is 15.2. The molecule has 1 fully saturated rings. The van der Waals surface area contributed by atoms with Gasteiger partial charge in [-0.25, -0.2) is 8.78 Å². The Labute approximate surface area is 160 Å². The molecule has 0 saturated carbocycles. The van der Waals surface area contributed by atoms with Crippen LogP contribution in [0.5, 0.6) is 0 Å². The van der Waals surface area contributed by atoms with Gasteiger partial charge in [-0.1, -0.05) is 0 Å². The van der Waals surface area contributed by atoms with Gasteiger partial charge in [0.1, 0.15) is 5.82 Å². The SMILES string of the molecule is O=C(CCc1nnc2ccc(N3CCCCC3)nn12)Nc1ccc(F)c(F)c1. The first-order valence-corrected chi connectivity index (χ1v) is 9.31. The van der Waals surface area contributed by atoms with E-state index in [1.807, 2.05) is 12.1 Å². The van der Waals surface area contributed by atoms with Crippen LogP contribution in [0, 0.1) is 11.6 Å². The van der Waals surface area contributed by atoms with Crippen molar-refractivity contribution in [3.05, 3.63) is 47.8 Å². The number of piperidine rings is 1. The first-order chi connectivity index (χ1) is 13.6. The second kappa shape index (κ2) is 7.87. The van der Waals surface area contributed by atoms with Gasteiger partial charge in [-0.05, 0) is 43.5 Å². The Morgan fingerprint density at radius 3 is 2.64 bits per heavy atom. The minimum Gasteiger partial charge on any atom is -0.355 e. The number of carbonyl (C=O) groups excluding carboxylic acids is 1. The fourth-order valence-electron chi connectivity index (χ4n) is 3.29. The van der Waals surface area contributed by atoms with Crippen LogP contribution in [0.4, 0.5) is 20.3 Å². The topological polar surface area (TPSA) is 75.4 Å². The molecule has 0 aliphatic carbocycles. The van der Waals surface area contributed by atoms with Gasteiger partial charge in [0.25, 0.3) is 0 Å². The Balaban J connectivity index is 1.43. The predicted molar refractivity (Wildman–Crippen MR) is 100 cm³/mol. The van der Waals surface area contributed by atoms with Crippen molar-refractivity contribution in [1.82, 2.24) is 19.8 Å². The number of carbonyl (C=O) groups is 1. The summed E-state index contributed by atoms with van der Waals surface area (Å²) in [5, 5.41) is 15.4. The first kappa shape index (κ1) is 18.3. The highest BCUT2D eigenvalue weighted by atomic mass is 19.2. The van der Waals surface area contributed by atoms with Gasteiger partial charge in [-0.3, -0.25) is 4.79 Å². The molecule has 0 bridgehead atoms. The van der Waals surface area contributed by atoms with Crippen molar-refractivity contribution in [2.24, 2.45) is 0 Å². The number of anilines is 2. The number of nitrogens with zero attached hydrogens (tertiary/aromatic N) is 5. The van der Waals surface area contributed by atoms with Crippen molar-refractivity contribution in [3.63, 3.8) is 0 Å². The van der Waals surface area contributed by atoms with Crippen LogP contribution >= 0.6 is 0 Å². The van der Waals surface area contributed by atoms with Crippen LogP contribution in [-0.4, -0.2) is 38.8 Å². The third-order valence-electron chi connectivity index (χ3n) is 4.77. The summed E-state index contributed by atoms with van der Waals surface area (Å²) >= 11 is 0. The molecule has 1 aliphatic heterocycles. The number of hydrogen-bond acceptors (Lipinski definition) is 5. The van der Waals surface area contributed by atoms with E-state index in [1.54, 1.807) is 4.52 Å². The highest BCUT2D eigenvalue weighted by Crippen LogP contribution is 2.18. The standard InChI is InChI=1S/C19H20F2N6O/c20-14-5-4-13(12-15(14)21)22-19(28)9-8-17-24-23-16-6-7-18(25-27(16)17)26-10-2-1-3-11-26/h4-7,12H,1-3,8-11H2,(H,22,28). The molecule has 1 aromatic carbocycles. The van der Waals surface area contributed by atoms with Crippen LogP contribution in [0.1, 0.15) is 31.5 Å². The summed E-state index contributed by atoms with van der Waals surface area (Å²) in [6, 6.07) is 7.05. The highest BCUT2D eigenvalue weighted by Gasteiger charge is 2.15. The summed E-state index contributed by atoms with van der Waals surface area (Å²) in [4.78, 5) is 14.4. The number of aryl methyl sites for hydroxylation is 1. The third-order valence-corrected chi connectivity index (χ3v) is 4.77. The van der Waals surface area contributed by atoms with Gasteiger partial charge in [-0.15, -0.1) is 15.3 Å². The summed E-state index contributed by atoms with van der Waals surface area (Å²) in [5.41, 5.74) is 0.831. The molecule has 1 saturated heterocycles. The molecule has 3 aromatic rings. The number of nitrogens with one attached hydrogen (secondary N) is 1. The monoisotopic (exact) mass is 386 g/mol. The largest absolute Gasteiger partial charge is 0.355 e. The van der Waals surface area contributed by atoms with Crippen molar-refractivity contribution < 1.29 is 13.6 Å². The maximum absolute atomic E-state index is 13.2. The predicted octanol–water partition coefficient (Wildman–Crippen LogP) is 2.96. The second-order valence-corrected chi connectivity index (χ2v) is 6.80. The lowest BCUT2D eigenvalue weighted by Gasteiger charge is -2.27. The van der Waals surface area contributed by atoms with Gasteiger partial charge in [0.05, 0.1) is 0 Å². The Bertz CT molecular complexity index is 999. The Hall–Kier alpha value is -3.10. The van der Waals surface area contributed by atoms with E-state index in [0.717, 1.165) is 43.9 Å². The van der Waals surface area contributed by atoms with Crippen molar-refractivity contribution >= 4 is 23.1 Å². The molecule has 1 amide bonds. The van der Waals surface area contributed by atoms with Crippen LogP contribution in [0.2, 0.25) is 0 Å². The summed E-state index contributed by atoms with van der Waals surface area (Å²) in [6.07, 6.45) is 3.99. The van der Waals surface area contributed by atoms with E-state index in [4.69, 9.17) is 0 Å². The summed E-state index contributed by atoms with van der Waals surface area (Å²) < 4.78 is 27.9. The van der Waals surface area contributed by atoms with E-state index in [-0.39, 0.29) is 18.0 Å². The molecule has 1 aliphatic rings. The number of aromatic nitrogens is 4. The first-order valence-electron chi connectivity index (χ1n) is 9.31. The van der Waals surface area contributed by atoms with E-state index in [0.29, 0.717) is 17.9 Å². The lowest BCUT2D eigenvalue weighted by molar-refractivity contribution is -0.116. The zero-order chi connectivity index (χ0) is 19.5. The molecular formula is C19H20F2N6O. The van der Waals surface area contributed by atoms with Gasteiger partial charge in [0.15, 0.2) is 23.1 Å². The van der Waals surface area contributed by atoms with E-state index in [1.165, 1.54) is 12.5 Å². The van der Waals surface area contributed by atoms with E-state index < -0.39 is 11.6 Å². The molecule has 7 nitrogen and oxygen atoms in total. The average molecular weight is 386 g/mol. The number of hydrogen-bond donors (Lipinski definition) is 1. The molecule has 2 aromatic heterocycles. The Morgan fingerprint density at radius 1 is 1.04 bits per heavy atom. The highest BCUT2D eigenvalue weighted by molar-refractivity contribution is 5.90. The van der Waals surface area contributed by atoms with Crippen molar-refractivity contribution in [2.45, 2.75) is 32.1 Å². The van der Waals surface area contributed by atoms with Gasteiger partial charge >= 0.3 is 0 Å². The minimum absolute atomic E-state index is 0.120. The molecule has 28 heavy (non-hydrogen) atoms. The van der Waals surface area contributed by atoms with E-state index in [9.17, 15) is 13.6 Å². The lowest BCUT2D eigenvalue weighted by Crippen LogP contribution is -2.30. The van der Waals surface area contributed by atoms with E-state index >= 15 is 0 Å². The minimum atomic E-state index is -1.00. The van der Waals surface area contributed by atoms with Crippen LogP contribution in [-0.2, 0) is 11.2 Å². The van der Waals surface area contributed by atoms with Crippen molar-refractivity contribution in [3.8, 4) is 0 Å². The summed E-state index contributed by atoms with van der Waals surface area (Å²) in [5.74, 6) is -0.831. The van der Waals surface area contributed by atoms with Gasteiger partial charge in [0.2, 0.25) is 5.91 Å². The Kier molecular flexibility index (Phi) is 5.14. The quantitative estimate of drug-likeness (QED) is 0.730. The second-order valence-electron chi connectivity index (χ2n) is 6.80.